The second-order valence-electron chi connectivity index (χ2n) is 6.21. The number of aromatic nitrogens is 2. The number of rotatable bonds is 3. The Hall–Kier alpha value is -3.35. The maximum Gasteiger partial charge on any atom is 0.416 e. The largest absolute Gasteiger partial charge is 0.496 e. The number of hydrogen-bond donors (Lipinski definition) is 0. The molecule has 4 aromatic rings. The van der Waals surface area contributed by atoms with Gasteiger partial charge in [-0.3, -0.25) is 4.57 Å². The molecule has 7 heteroatoms. The van der Waals surface area contributed by atoms with E-state index in [4.69, 9.17) is 4.74 Å². The molecule has 0 N–H and O–H groups in total. The molecule has 0 amide bonds. The van der Waals surface area contributed by atoms with Crippen LogP contribution in [0.4, 0.5) is 17.6 Å². The summed E-state index contributed by atoms with van der Waals surface area (Å²) in [6, 6.07) is 14.9. The van der Waals surface area contributed by atoms with Gasteiger partial charge in [0, 0.05) is 11.3 Å². The van der Waals surface area contributed by atoms with Crippen LogP contribution < -0.4 is 4.74 Å². The highest BCUT2D eigenvalue weighted by molar-refractivity contribution is 5.79. The number of benzene rings is 3. The normalized spacial score (nSPS) is 11.8. The predicted molar refractivity (Wildman–Crippen MR) is 98.0 cm³/mol. The molecule has 4 rings (SSSR count). The van der Waals surface area contributed by atoms with Gasteiger partial charge in [0.1, 0.15) is 17.9 Å². The van der Waals surface area contributed by atoms with Gasteiger partial charge in [-0.2, -0.15) is 13.2 Å². The first-order chi connectivity index (χ1) is 13.4. The molecular weight excluding hydrogens is 372 g/mol. The highest BCUT2D eigenvalue weighted by atomic mass is 19.4. The molecule has 0 aliphatic rings. The Labute approximate surface area is 157 Å². The van der Waals surface area contributed by atoms with E-state index in [9.17, 15) is 17.6 Å². The van der Waals surface area contributed by atoms with E-state index in [1.807, 2.05) is 6.07 Å². The van der Waals surface area contributed by atoms with Crippen LogP contribution in [0.5, 0.6) is 5.75 Å². The van der Waals surface area contributed by atoms with Gasteiger partial charge in [-0.25, -0.2) is 9.37 Å². The lowest BCUT2D eigenvalue weighted by Crippen LogP contribution is -2.04. The quantitative estimate of drug-likeness (QED) is 0.413. The van der Waals surface area contributed by atoms with Crippen molar-refractivity contribution in [3.63, 3.8) is 0 Å². The van der Waals surface area contributed by atoms with Crippen LogP contribution in [0.25, 0.3) is 27.8 Å². The van der Waals surface area contributed by atoms with E-state index in [1.165, 1.54) is 31.6 Å². The molecule has 3 aromatic carbocycles. The fourth-order valence-electron chi connectivity index (χ4n) is 3.12. The molecule has 0 fully saturated rings. The first-order valence-electron chi connectivity index (χ1n) is 8.35. The second kappa shape index (κ2) is 6.67. The summed E-state index contributed by atoms with van der Waals surface area (Å²) >= 11 is 0. The Kier molecular flexibility index (Phi) is 4.30. The zero-order valence-electron chi connectivity index (χ0n) is 14.7. The average molecular weight is 386 g/mol. The molecule has 28 heavy (non-hydrogen) atoms. The van der Waals surface area contributed by atoms with Crippen molar-refractivity contribution in [1.29, 1.82) is 0 Å². The molecule has 3 nitrogen and oxygen atoms in total. The van der Waals surface area contributed by atoms with E-state index in [0.29, 0.717) is 28.1 Å². The number of fused-ring (bicyclic) bond motifs is 1. The van der Waals surface area contributed by atoms with E-state index >= 15 is 0 Å². The Balaban J connectivity index is 1.82. The van der Waals surface area contributed by atoms with Crippen LogP contribution in [0.15, 0.2) is 67.0 Å². The molecule has 0 atom stereocenters. The molecule has 0 spiro atoms. The van der Waals surface area contributed by atoms with Crippen molar-refractivity contribution in [2.75, 3.05) is 7.11 Å². The van der Waals surface area contributed by atoms with Crippen LogP contribution in [0, 0.1) is 5.82 Å². The minimum absolute atomic E-state index is 0.239. The molecule has 0 saturated carbocycles. The van der Waals surface area contributed by atoms with Gasteiger partial charge in [0.25, 0.3) is 0 Å². The SMILES string of the molecule is COc1ccc(F)cc1-c1cccc(-n2cnc3cc(C(F)(F)F)ccc32)c1. The molecule has 0 aliphatic heterocycles. The summed E-state index contributed by atoms with van der Waals surface area (Å²) in [5.74, 6) is 0.123. The minimum atomic E-state index is -4.42. The van der Waals surface area contributed by atoms with Crippen molar-refractivity contribution in [3.8, 4) is 22.6 Å². The van der Waals surface area contributed by atoms with Crippen molar-refractivity contribution in [2.45, 2.75) is 6.18 Å². The molecular formula is C21H14F4N2O. The predicted octanol–water partition coefficient (Wildman–Crippen LogP) is 5.86. The summed E-state index contributed by atoms with van der Waals surface area (Å²) in [5.41, 5.74) is 2.00. The number of methoxy groups -OCH3 is 1. The Bertz CT molecular complexity index is 1160. The van der Waals surface area contributed by atoms with E-state index in [0.717, 1.165) is 12.1 Å². The maximum atomic E-state index is 13.7. The number of nitrogens with zero attached hydrogens (tertiary/aromatic N) is 2. The monoisotopic (exact) mass is 386 g/mol. The molecule has 142 valence electrons. The fraction of sp³-hybridized carbons (Fsp3) is 0.0952. The Morgan fingerprint density at radius 1 is 0.964 bits per heavy atom. The lowest BCUT2D eigenvalue weighted by Gasteiger charge is -2.11. The highest BCUT2D eigenvalue weighted by Gasteiger charge is 2.30. The van der Waals surface area contributed by atoms with Gasteiger partial charge in [-0.1, -0.05) is 12.1 Å². The summed E-state index contributed by atoms with van der Waals surface area (Å²) in [6.07, 6.45) is -2.96. The van der Waals surface area contributed by atoms with E-state index < -0.39 is 17.6 Å². The highest BCUT2D eigenvalue weighted by Crippen LogP contribution is 2.34. The van der Waals surface area contributed by atoms with Gasteiger partial charge >= 0.3 is 6.18 Å². The van der Waals surface area contributed by atoms with E-state index in [1.54, 1.807) is 28.8 Å². The van der Waals surface area contributed by atoms with Crippen LogP contribution in [0.2, 0.25) is 0 Å². The Morgan fingerprint density at radius 3 is 2.54 bits per heavy atom. The zero-order valence-corrected chi connectivity index (χ0v) is 14.7. The molecule has 0 bridgehead atoms. The molecule has 0 unspecified atom stereocenters. The molecule has 0 saturated heterocycles. The summed E-state index contributed by atoms with van der Waals surface area (Å²) in [4.78, 5) is 4.10. The number of imidazole rings is 1. The minimum Gasteiger partial charge on any atom is -0.496 e. The summed E-state index contributed by atoms with van der Waals surface area (Å²) < 4.78 is 59.5. The lowest BCUT2D eigenvalue weighted by atomic mass is 10.0. The molecule has 0 aliphatic carbocycles. The number of alkyl halides is 3. The van der Waals surface area contributed by atoms with Crippen LogP contribution >= 0.6 is 0 Å². The van der Waals surface area contributed by atoms with Crippen molar-refractivity contribution in [3.05, 3.63) is 78.4 Å². The van der Waals surface area contributed by atoms with E-state index in [-0.39, 0.29) is 5.52 Å². The van der Waals surface area contributed by atoms with Crippen molar-refractivity contribution < 1.29 is 22.3 Å². The smallest absolute Gasteiger partial charge is 0.416 e. The van der Waals surface area contributed by atoms with Crippen LogP contribution in [-0.4, -0.2) is 16.7 Å². The molecule has 0 radical (unpaired) electrons. The van der Waals surface area contributed by atoms with Crippen molar-refractivity contribution in [2.24, 2.45) is 0 Å². The van der Waals surface area contributed by atoms with Gasteiger partial charge in [-0.15, -0.1) is 0 Å². The third-order valence-electron chi connectivity index (χ3n) is 4.47. The fourth-order valence-corrected chi connectivity index (χ4v) is 3.12. The van der Waals surface area contributed by atoms with Gasteiger partial charge in [0.05, 0.1) is 23.7 Å². The average Bonchev–Trinajstić information content (AvgIpc) is 3.10. The first-order valence-corrected chi connectivity index (χ1v) is 8.35. The zero-order chi connectivity index (χ0) is 19.9. The third kappa shape index (κ3) is 3.19. The summed E-state index contributed by atoms with van der Waals surface area (Å²) in [5, 5.41) is 0. The molecule has 1 heterocycles. The van der Waals surface area contributed by atoms with Crippen LogP contribution in [0.3, 0.4) is 0 Å². The lowest BCUT2D eigenvalue weighted by molar-refractivity contribution is -0.137. The number of ether oxygens (including phenoxy) is 1. The van der Waals surface area contributed by atoms with Crippen LogP contribution in [0.1, 0.15) is 5.56 Å². The number of hydrogen-bond acceptors (Lipinski definition) is 2. The van der Waals surface area contributed by atoms with E-state index in [2.05, 4.69) is 4.98 Å². The van der Waals surface area contributed by atoms with Gasteiger partial charge in [-0.05, 0) is 54.1 Å². The van der Waals surface area contributed by atoms with Gasteiger partial charge in [0.2, 0.25) is 0 Å². The third-order valence-corrected chi connectivity index (χ3v) is 4.47. The van der Waals surface area contributed by atoms with Gasteiger partial charge < -0.3 is 4.74 Å². The van der Waals surface area contributed by atoms with Crippen molar-refractivity contribution in [1.82, 2.24) is 9.55 Å². The maximum absolute atomic E-state index is 13.7. The summed E-state index contributed by atoms with van der Waals surface area (Å²) in [6.45, 7) is 0. The topological polar surface area (TPSA) is 27.1 Å². The summed E-state index contributed by atoms with van der Waals surface area (Å²) in [7, 11) is 1.50. The second-order valence-corrected chi connectivity index (χ2v) is 6.21. The van der Waals surface area contributed by atoms with Crippen LogP contribution in [-0.2, 0) is 6.18 Å². The van der Waals surface area contributed by atoms with Crippen molar-refractivity contribution >= 4 is 11.0 Å². The standard InChI is InChI=1S/C21H14F4N2O/c1-28-20-8-6-15(22)11-17(20)13-3-2-4-16(9-13)27-12-26-18-10-14(21(23,24)25)5-7-19(18)27/h2-12H,1H3. The number of halogens is 4. The first kappa shape index (κ1) is 18.0. The molecule has 1 aromatic heterocycles. The Morgan fingerprint density at radius 2 is 1.79 bits per heavy atom. The van der Waals surface area contributed by atoms with Gasteiger partial charge in [0.15, 0.2) is 0 Å².